The normalized spacial score (nSPS) is 22.1. The predicted molar refractivity (Wildman–Crippen MR) is 85.7 cm³/mol. The summed E-state index contributed by atoms with van der Waals surface area (Å²) < 4.78 is 27.8. The third-order valence-corrected chi connectivity index (χ3v) is 6.30. The SMILES string of the molecule is CCC1CN(C)CCCN1S(=O)(=O)c1c(C)cccc1N. The maximum atomic E-state index is 13.1. The predicted octanol–water partition coefficient (Wildman–Crippen LogP) is 1.68. The Morgan fingerprint density at radius 3 is 2.67 bits per heavy atom. The van der Waals surface area contributed by atoms with Crippen LogP contribution in [-0.2, 0) is 10.0 Å². The van der Waals surface area contributed by atoms with E-state index in [1.807, 2.05) is 14.0 Å². The second-order valence-electron chi connectivity index (χ2n) is 5.79. The first-order valence-corrected chi connectivity index (χ1v) is 8.87. The van der Waals surface area contributed by atoms with E-state index in [2.05, 4.69) is 4.90 Å². The van der Waals surface area contributed by atoms with Crippen LogP contribution >= 0.6 is 0 Å². The van der Waals surface area contributed by atoms with Crippen molar-refractivity contribution in [3.8, 4) is 0 Å². The third kappa shape index (κ3) is 3.22. The number of nitrogens with zero attached hydrogens (tertiary/aromatic N) is 2. The molecule has 0 aromatic heterocycles. The Bertz CT molecular complexity index is 581. The number of sulfonamides is 1. The van der Waals surface area contributed by atoms with Gasteiger partial charge in [-0.25, -0.2) is 8.42 Å². The number of nitrogens with two attached hydrogens (primary N) is 1. The molecule has 21 heavy (non-hydrogen) atoms. The van der Waals surface area contributed by atoms with Crippen LogP contribution in [0.2, 0.25) is 0 Å². The van der Waals surface area contributed by atoms with Crippen LogP contribution in [0.4, 0.5) is 5.69 Å². The van der Waals surface area contributed by atoms with E-state index in [1.54, 1.807) is 29.4 Å². The van der Waals surface area contributed by atoms with E-state index < -0.39 is 10.0 Å². The molecular formula is C15H25N3O2S. The van der Waals surface area contributed by atoms with Gasteiger partial charge < -0.3 is 10.6 Å². The fourth-order valence-electron chi connectivity index (χ4n) is 3.02. The van der Waals surface area contributed by atoms with Crippen molar-refractivity contribution >= 4 is 15.7 Å². The summed E-state index contributed by atoms with van der Waals surface area (Å²) in [6, 6.07) is 5.25. The second-order valence-corrected chi connectivity index (χ2v) is 7.61. The van der Waals surface area contributed by atoms with E-state index in [-0.39, 0.29) is 10.9 Å². The van der Waals surface area contributed by atoms with E-state index in [0.717, 1.165) is 25.9 Å². The lowest BCUT2D eigenvalue weighted by Gasteiger charge is -2.30. The first kappa shape index (κ1) is 16.3. The first-order chi connectivity index (χ1) is 9.87. The van der Waals surface area contributed by atoms with Crippen molar-refractivity contribution in [3.63, 3.8) is 0 Å². The molecule has 0 spiro atoms. The van der Waals surface area contributed by atoms with Gasteiger partial charge >= 0.3 is 0 Å². The summed E-state index contributed by atoms with van der Waals surface area (Å²) in [5.74, 6) is 0. The quantitative estimate of drug-likeness (QED) is 0.863. The van der Waals surface area contributed by atoms with Crippen LogP contribution < -0.4 is 5.73 Å². The standard InChI is InChI=1S/C15H25N3O2S/c1-4-13-11-17(3)9-6-10-18(13)21(19,20)15-12(2)7-5-8-14(15)16/h5,7-8,13H,4,6,9-11,16H2,1-3H3. The van der Waals surface area contributed by atoms with Crippen molar-refractivity contribution in [2.24, 2.45) is 0 Å². The summed E-state index contributed by atoms with van der Waals surface area (Å²) in [6.07, 6.45) is 1.65. The van der Waals surface area contributed by atoms with Crippen LogP contribution in [0.3, 0.4) is 0 Å². The van der Waals surface area contributed by atoms with E-state index in [1.165, 1.54) is 0 Å². The van der Waals surface area contributed by atoms with Crippen LogP contribution in [0, 0.1) is 6.92 Å². The van der Waals surface area contributed by atoms with E-state index in [0.29, 0.717) is 17.8 Å². The highest BCUT2D eigenvalue weighted by Crippen LogP contribution is 2.29. The zero-order chi connectivity index (χ0) is 15.6. The van der Waals surface area contributed by atoms with Crippen molar-refractivity contribution < 1.29 is 8.42 Å². The third-order valence-electron chi connectivity index (χ3n) is 4.13. The van der Waals surface area contributed by atoms with Gasteiger partial charge in [-0.05, 0) is 45.0 Å². The van der Waals surface area contributed by atoms with E-state index in [4.69, 9.17) is 5.73 Å². The summed E-state index contributed by atoms with van der Waals surface area (Å²) in [5, 5.41) is 0. The summed E-state index contributed by atoms with van der Waals surface area (Å²) in [6.45, 7) is 6.08. The van der Waals surface area contributed by atoms with Crippen LogP contribution in [0.5, 0.6) is 0 Å². The molecule has 0 aliphatic carbocycles. The van der Waals surface area contributed by atoms with Crippen molar-refractivity contribution in [1.82, 2.24) is 9.21 Å². The topological polar surface area (TPSA) is 66.6 Å². The summed E-state index contributed by atoms with van der Waals surface area (Å²) >= 11 is 0. The van der Waals surface area contributed by atoms with Crippen molar-refractivity contribution in [3.05, 3.63) is 23.8 Å². The minimum atomic E-state index is -3.55. The highest BCUT2D eigenvalue weighted by Gasteiger charge is 2.34. The summed E-state index contributed by atoms with van der Waals surface area (Å²) in [7, 11) is -1.51. The van der Waals surface area contributed by atoms with Gasteiger partial charge in [-0.15, -0.1) is 0 Å². The molecular weight excluding hydrogens is 286 g/mol. The molecule has 2 N–H and O–H groups in total. The monoisotopic (exact) mass is 311 g/mol. The molecule has 1 aliphatic heterocycles. The second kappa shape index (κ2) is 6.34. The zero-order valence-electron chi connectivity index (χ0n) is 13.0. The van der Waals surface area contributed by atoms with Gasteiger partial charge in [-0.1, -0.05) is 19.1 Å². The van der Waals surface area contributed by atoms with Gasteiger partial charge in [0, 0.05) is 19.1 Å². The zero-order valence-corrected chi connectivity index (χ0v) is 13.9. The molecule has 1 heterocycles. The molecule has 118 valence electrons. The van der Waals surface area contributed by atoms with Gasteiger partial charge in [-0.3, -0.25) is 0 Å². The molecule has 2 rings (SSSR count). The Morgan fingerprint density at radius 2 is 2.05 bits per heavy atom. The minimum absolute atomic E-state index is 0.00139. The summed E-state index contributed by atoms with van der Waals surface area (Å²) in [5.41, 5.74) is 7.00. The first-order valence-electron chi connectivity index (χ1n) is 7.43. The lowest BCUT2D eigenvalue weighted by Crippen LogP contribution is -2.43. The van der Waals surface area contributed by atoms with Crippen molar-refractivity contribution in [2.45, 2.75) is 37.6 Å². The van der Waals surface area contributed by atoms with Crippen LogP contribution in [0.15, 0.2) is 23.1 Å². The molecule has 1 unspecified atom stereocenters. The molecule has 1 aliphatic rings. The Morgan fingerprint density at radius 1 is 1.33 bits per heavy atom. The number of hydrogen-bond acceptors (Lipinski definition) is 4. The fraction of sp³-hybridized carbons (Fsp3) is 0.600. The number of aryl methyl sites for hydroxylation is 1. The van der Waals surface area contributed by atoms with Crippen molar-refractivity contribution in [2.75, 3.05) is 32.4 Å². The molecule has 1 fully saturated rings. The molecule has 1 atom stereocenters. The molecule has 1 aromatic carbocycles. The molecule has 0 amide bonds. The number of nitrogen functional groups attached to an aromatic ring is 1. The average molecular weight is 311 g/mol. The Balaban J connectivity index is 2.46. The van der Waals surface area contributed by atoms with E-state index >= 15 is 0 Å². The summed E-state index contributed by atoms with van der Waals surface area (Å²) in [4.78, 5) is 2.47. The smallest absolute Gasteiger partial charge is 0.245 e. The Labute approximate surface area is 127 Å². The highest BCUT2D eigenvalue weighted by molar-refractivity contribution is 7.89. The van der Waals surface area contributed by atoms with Gasteiger partial charge in [0.15, 0.2) is 0 Å². The molecule has 0 radical (unpaired) electrons. The number of rotatable bonds is 3. The van der Waals surface area contributed by atoms with Gasteiger partial charge in [0.2, 0.25) is 10.0 Å². The maximum Gasteiger partial charge on any atom is 0.245 e. The van der Waals surface area contributed by atoms with Gasteiger partial charge in [0.05, 0.1) is 5.69 Å². The molecule has 1 aromatic rings. The minimum Gasteiger partial charge on any atom is -0.398 e. The number of benzene rings is 1. The molecule has 0 saturated carbocycles. The van der Waals surface area contributed by atoms with Crippen LogP contribution in [0.25, 0.3) is 0 Å². The maximum absolute atomic E-state index is 13.1. The van der Waals surface area contributed by atoms with E-state index in [9.17, 15) is 8.42 Å². The van der Waals surface area contributed by atoms with Crippen molar-refractivity contribution in [1.29, 1.82) is 0 Å². The number of anilines is 1. The Kier molecular flexibility index (Phi) is 4.91. The fourth-order valence-corrected chi connectivity index (χ4v) is 5.07. The Hall–Kier alpha value is -1.11. The lowest BCUT2D eigenvalue weighted by atomic mass is 10.2. The molecule has 6 heteroatoms. The van der Waals surface area contributed by atoms with Crippen LogP contribution in [0.1, 0.15) is 25.3 Å². The number of hydrogen-bond donors (Lipinski definition) is 1. The lowest BCUT2D eigenvalue weighted by molar-refractivity contribution is 0.270. The highest BCUT2D eigenvalue weighted by atomic mass is 32.2. The largest absolute Gasteiger partial charge is 0.398 e. The van der Waals surface area contributed by atoms with Gasteiger partial charge in [-0.2, -0.15) is 4.31 Å². The molecule has 1 saturated heterocycles. The molecule has 0 bridgehead atoms. The van der Waals surface area contributed by atoms with Gasteiger partial charge in [0.1, 0.15) is 4.90 Å². The molecule has 5 nitrogen and oxygen atoms in total. The number of likely N-dealkylation sites (N-methyl/N-ethyl adjacent to an activating group) is 1. The van der Waals surface area contributed by atoms with Gasteiger partial charge in [0.25, 0.3) is 0 Å². The average Bonchev–Trinajstić information content (AvgIpc) is 2.60. The van der Waals surface area contributed by atoms with Crippen LogP contribution in [-0.4, -0.2) is 50.3 Å².